The molecule has 12 aromatic rings. The number of benzene rings is 11. The Kier molecular flexibility index (Phi) is 9.69. The number of hydrogen-bond donors (Lipinski definition) is 0. The van der Waals surface area contributed by atoms with E-state index in [9.17, 15) is 0 Å². The first kappa shape index (κ1) is 41.7. The lowest BCUT2D eigenvalue weighted by atomic mass is 9.66. The van der Waals surface area contributed by atoms with E-state index in [4.69, 9.17) is 9.97 Å². The van der Waals surface area contributed by atoms with Gasteiger partial charge in [0, 0.05) is 16.7 Å². The highest BCUT2D eigenvalue weighted by molar-refractivity contribution is 6.07. The van der Waals surface area contributed by atoms with Crippen LogP contribution < -0.4 is 0 Å². The van der Waals surface area contributed by atoms with Gasteiger partial charge in [0.25, 0.3) is 0 Å². The number of aromatic nitrogens is 2. The van der Waals surface area contributed by atoms with Crippen molar-refractivity contribution < 1.29 is 0 Å². The fourth-order valence-corrected chi connectivity index (χ4v) is 12.6. The molecule has 2 aliphatic carbocycles. The van der Waals surface area contributed by atoms with Crippen LogP contribution in [0.15, 0.2) is 279 Å². The first-order chi connectivity index (χ1) is 35.7. The minimum Gasteiger partial charge on any atom is -0.228 e. The van der Waals surface area contributed by atoms with Crippen LogP contribution in [0.5, 0.6) is 0 Å². The van der Waals surface area contributed by atoms with Crippen LogP contribution in [0, 0.1) is 0 Å². The molecule has 0 spiro atoms. The zero-order chi connectivity index (χ0) is 47.6. The summed E-state index contributed by atoms with van der Waals surface area (Å²) in [6.45, 7) is 0. The molecule has 0 N–H and O–H groups in total. The molecule has 336 valence electrons. The van der Waals surface area contributed by atoms with Gasteiger partial charge in [-0.15, -0.1) is 0 Å². The minimum absolute atomic E-state index is 0.536. The maximum atomic E-state index is 5.51. The smallest absolute Gasteiger partial charge is 0.160 e. The predicted molar refractivity (Wildman–Crippen MR) is 296 cm³/mol. The molecule has 0 amide bonds. The first-order valence-electron chi connectivity index (χ1n) is 24.9. The predicted octanol–water partition coefficient (Wildman–Crippen LogP) is 17.0. The van der Waals surface area contributed by atoms with E-state index < -0.39 is 10.8 Å². The summed E-state index contributed by atoms with van der Waals surface area (Å²) in [5.41, 5.74) is 21.2. The van der Waals surface area contributed by atoms with Gasteiger partial charge < -0.3 is 0 Å². The van der Waals surface area contributed by atoms with E-state index in [1.54, 1.807) is 0 Å². The molecule has 1 heterocycles. The van der Waals surface area contributed by atoms with Gasteiger partial charge in [0.05, 0.1) is 22.2 Å². The van der Waals surface area contributed by atoms with Gasteiger partial charge in [0.15, 0.2) is 5.82 Å². The van der Waals surface area contributed by atoms with Crippen LogP contribution in [0.2, 0.25) is 0 Å². The summed E-state index contributed by atoms with van der Waals surface area (Å²) in [5.74, 6) is 0.687. The third kappa shape index (κ3) is 6.09. The van der Waals surface area contributed by atoms with Crippen molar-refractivity contribution in [2.45, 2.75) is 10.8 Å². The summed E-state index contributed by atoms with van der Waals surface area (Å²) >= 11 is 0. The summed E-state index contributed by atoms with van der Waals surface area (Å²) in [5, 5.41) is 2.30. The lowest BCUT2D eigenvalue weighted by molar-refractivity contribution is 0.768. The minimum atomic E-state index is -0.551. The summed E-state index contributed by atoms with van der Waals surface area (Å²) in [6, 6.07) is 102. The maximum Gasteiger partial charge on any atom is 0.160 e. The van der Waals surface area contributed by atoms with Crippen LogP contribution in [0.1, 0.15) is 44.5 Å². The molecule has 0 atom stereocenters. The maximum absolute atomic E-state index is 5.51. The summed E-state index contributed by atoms with van der Waals surface area (Å²) in [7, 11) is 0. The van der Waals surface area contributed by atoms with Crippen LogP contribution in [-0.4, -0.2) is 9.97 Å². The van der Waals surface area contributed by atoms with Crippen molar-refractivity contribution in [2.24, 2.45) is 0 Å². The Bertz CT molecular complexity index is 3940. The highest BCUT2D eigenvalue weighted by atomic mass is 14.9. The van der Waals surface area contributed by atoms with Gasteiger partial charge in [-0.1, -0.05) is 273 Å². The standard InChI is InChI=1S/C70H46N2/c1-6-24-47(25-7-1)68-71-64(46-65(72-68)60-40-23-43-63-66(60)59-37-19-21-42-62(59)69(63,48-26-8-2-9-27-48)49-28-10-3-11-29-49)56-45-44-54(52-34-16-17-35-53(52)56)57-38-22-39-58-55-36-18-20-41-61(55)70(67(57)58,50-30-12-4-13-31-50)51-32-14-5-15-33-51/h1-46H. The average molecular weight is 915 g/mol. The van der Waals surface area contributed by atoms with Gasteiger partial charge in [0.2, 0.25) is 0 Å². The molecule has 11 aromatic carbocycles. The second-order valence-corrected chi connectivity index (χ2v) is 19.0. The molecule has 0 unspecified atom stereocenters. The molecule has 72 heavy (non-hydrogen) atoms. The molecule has 0 saturated heterocycles. The Morgan fingerprint density at radius 3 is 1.24 bits per heavy atom. The first-order valence-corrected chi connectivity index (χ1v) is 24.9. The lowest BCUT2D eigenvalue weighted by Gasteiger charge is -2.35. The zero-order valence-electron chi connectivity index (χ0n) is 39.5. The van der Waals surface area contributed by atoms with Gasteiger partial charge in [-0.05, 0) is 94.7 Å². The molecule has 0 radical (unpaired) electrons. The fraction of sp³-hybridized carbons (Fsp3) is 0.0286. The van der Waals surface area contributed by atoms with Gasteiger partial charge in [-0.2, -0.15) is 0 Å². The Balaban J connectivity index is 1.01. The fourth-order valence-electron chi connectivity index (χ4n) is 12.6. The number of hydrogen-bond acceptors (Lipinski definition) is 2. The van der Waals surface area contributed by atoms with Crippen LogP contribution in [0.4, 0.5) is 0 Å². The Labute approximate surface area is 420 Å². The van der Waals surface area contributed by atoms with Crippen molar-refractivity contribution in [3.8, 4) is 67.3 Å². The van der Waals surface area contributed by atoms with E-state index in [-0.39, 0.29) is 0 Å². The van der Waals surface area contributed by atoms with Crippen LogP contribution in [0.25, 0.3) is 78.1 Å². The van der Waals surface area contributed by atoms with Gasteiger partial charge in [0.1, 0.15) is 0 Å². The van der Waals surface area contributed by atoms with E-state index in [1.165, 1.54) is 83.3 Å². The molecule has 2 nitrogen and oxygen atoms in total. The monoisotopic (exact) mass is 914 g/mol. The van der Waals surface area contributed by atoms with Crippen molar-refractivity contribution in [3.63, 3.8) is 0 Å². The van der Waals surface area contributed by atoms with Crippen molar-refractivity contribution in [2.75, 3.05) is 0 Å². The van der Waals surface area contributed by atoms with E-state index in [0.717, 1.165) is 33.5 Å². The Hall–Kier alpha value is -9.24. The van der Waals surface area contributed by atoms with E-state index in [1.807, 2.05) is 0 Å². The number of rotatable bonds is 8. The highest BCUT2D eigenvalue weighted by Gasteiger charge is 2.49. The van der Waals surface area contributed by atoms with Crippen LogP contribution in [0.3, 0.4) is 0 Å². The van der Waals surface area contributed by atoms with Crippen molar-refractivity contribution in [1.29, 1.82) is 0 Å². The molecule has 0 fully saturated rings. The molecule has 0 bridgehead atoms. The highest BCUT2D eigenvalue weighted by Crippen LogP contribution is 2.60. The Morgan fingerprint density at radius 1 is 0.250 bits per heavy atom. The molecule has 0 aliphatic heterocycles. The summed E-state index contributed by atoms with van der Waals surface area (Å²) in [4.78, 5) is 11.0. The quantitative estimate of drug-likeness (QED) is 0.152. The third-order valence-corrected chi connectivity index (χ3v) is 15.5. The molecular formula is C70H46N2. The third-order valence-electron chi connectivity index (χ3n) is 15.5. The molecule has 2 heteroatoms. The van der Waals surface area contributed by atoms with Gasteiger partial charge >= 0.3 is 0 Å². The average Bonchev–Trinajstić information content (AvgIpc) is 3.96. The molecule has 0 saturated carbocycles. The van der Waals surface area contributed by atoms with Gasteiger partial charge in [-0.3, -0.25) is 0 Å². The van der Waals surface area contributed by atoms with Gasteiger partial charge in [-0.25, -0.2) is 9.97 Å². The number of fused-ring (bicyclic) bond motifs is 7. The number of nitrogens with zero attached hydrogens (tertiary/aromatic N) is 2. The van der Waals surface area contributed by atoms with Crippen molar-refractivity contribution >= 4 is 10.8 Å². The topological polar surface area (TPSA) is 25.8 Å². The van der Waals surface area contributed by atoms with Crippen LogP contribution in [-0.2, 0) is 10.8 Å². The van der Waals surface area contributed by atoms with E-state index >= 15 is 0 Å². The molecule has 1 aromatic heterocycles. The largest absolute Gasteiger partial charge is 0.228 e. The van der Waals surface area contributed by atoms with Crippen molar-refractivity contribution in [3.05, 3.63) is 324 Å². The molecule has 14 rings (SSSR count). The molecular weight excluding hydrogens is 869 g/mol. The second-order valence-electron chi connectivity index (χ2n) is 19.0. The normalized spacial score (nSPS) is 13.5. The Morgan fingerprint density at radius 2 is 0.639 bits per heavy atom. The van der Waals surface area contributed by atoms with Crippen molar-refractivity contribution in [1.82, 2.24) is 9.97 Å². The second kappa shape index (κ2) is 16.7. The molecule has 2 aliphatic rings. The zero-order valence-corrected chi connectivity index (χ0v) is 39.5. The van der Waals surface area contributed by atoms with E-state index in [0.29, 0.717) is 5.82 Å². The van der Waals surface area contributed by atoms with Crippen LogP contribution >= 0.6 is 0 Å². The summed E-state index contributed by atoms with van der Waals surface area (Å²) < 4.78 is 0. The summed E-state index contributed by atoms with van der Waals surface area (Å²) in [6.07, 6.45) is 0. The lowest BCUT2D eigenvalue weighted by Crippen LogP contribution is -2.29. The van der Waals surface area contributed by atoms with E-state index in [2.05, 4.69) is 279 Å². The SMILES string of the molecule is c1ccc(-c2nc(-c3cccc4c3-c3ccccc3C4(c3ccccc3)c3ccccc3)cc(-c3ccc(-c4cccc5c4C(c4ccccc4)(c4ccccc4)c4ccccc4-5)c4ccccc34)n2)cc1.